The van der Waals surface area contributed by atoms with Gasteiger partial charge in [-0.25, -0.2) is 0 Å². The number of furan rings is 1. The van der Waals surface area contributed by atoms with Gasteiger partial charge in [-0.2, -0.15) is 0 Å². The molecular weight excluding hydrogens is 653 g/mol. The number of para-hydroxylation sites is 3. The first kappa shape index (κ1) is 29.1. The van der Waals surface area contributed by atoms with Gasteiger partial charge in [-0.15, -0.1) is 11.3 Å². The summed E-state index contributed by atoms with van der Waals surface area (Å²) in [5.41, 5.74) is 10.9. The molecule has 52 heavy (non-hydrogen) atoms. The molecule has 0 amide bonds. The first-order valence-corrected chi connectivity index (χ1v) is 18.4. The van der Waals surface area contributed by atoms with E-state index in [9.17, 15) is 0 Å². The summed E-state index contributed by atoms with van der Waals surface area (Å²) in [5, 5.41) is 7.34. The summed E-state index contributed by atoms with van der Waals surface area (Å²) in [6.45, 7) is 0. The Morgan fingerprint density at radius 3 is 1.92 bits per heavy atom. The largest absolute Gasteiger partial charge is 0.456 e. The van der Waals surface area contributed by atoms with Gasteiger partial charge in [0.2, 0.25) is 0 Å². The van der Waals surface area contributed by atoms with Crippen LogP contribution >= 0.6 is 11.3 Å². The van der Waals surface area contributed by atoms with E-state index >= 15 is 0 Å². The van der Waals surface area contributed by atoms with E-state index in [0.29, 0.717) is 0 Å². The number of hydrogen-bond donors (Lipinski definition) is 0. The summed E-state index contributed by atoms with van der Waals surface area (Å²) in [4.78, 5) is 2.35. The summed E-state index contributed by atoms with van der Waals surface area (Å²) in [6.07, 6.45) is 0. The van der Waals surface area contributed by atoms with Crippen molar-refractivity contribution in [3.8, 4) is 16.8 Å². The molecule has 0 fully saturated rings. The Kier molecular flexibility index (Phi) is 6.42. The highest BCUT2D eigenvalue weighted by Crippen LogP contribution is 2.44. The maximum atomic E-state index is 6.42. The maximum Gasteiger partial charge on any atom is 0.137 e. The third kappa shape index (κ3) is 4.45. The van der Waals surface area contributed by atoms with Gasteiger partial charge in [0, 0.05) is 70.5 Å². The molecule has 11 aromatic rings. The highest BCUT2D eigenvalue weighted by atomic mass is 32.1. The maximum absolute atomic E-state index is 6.42. The van der Waals surface area contributed by atoms with Gasteiger partial charge in [-0.3, -0.25) is 0 Å². The van der Waals surface area contributed by atoms with Gasteiger partial charge in [0.15, 0.2) is 0 Å². The van der Waals surface area contributed by atoms with Crippen molar-refractivity contribution < 1.29 is 4.42 Å². The number of anilines is 3. The fourth-order valence-electron chi connectivity index (χ4n) is 8.02. The number of nitrogens with zero attached hydrogens (tertiary/aromatic N) is 2. The summed E-state index contributed by atoms with van der Waals surface area (Å²) >= 11 is 1.87. The first-order chi connectivity index (χ1) is 25.8. The number of hydrogen-bond acceptors (Lipinski definition) is 3. The van der Waals surface area contributed by atoms with Crippen molar-refractivity contribution in [3.05, 3.63) is 182 Å². The standard InChI is InChI=1S/C48H30N2OS/c1-2-11-32(12-3-1)50-43-18-7-4-13-37(43)38-27-25-34(29-44(38)50)49(35-26-28-40-39-14-5-8-19-45(39)51-46(40)30-35)33-23-21-31(22-24-33)36-16-10-17-42-41-15-6-9-20-47(41)52-48(36)42/h1-30H. The predicted octanol–water partition coefficient (Wildman–Crippen LogP) is 14.2. The summed E-state index contributed by atoms with van der Waals surface area (Å²) < 4.78 is 11.4. The van der Waals surface area contributed by atoms with Gasteiger partial charge in [-0.05, 0) is 77.9 Å². The zero-order valence-electron chi connectivity index (χ0n) is 28.0. The van der Waals surface area contributed by atoms with Crippen LogP contribution in [0.15, 0.2) is 186 Å². The second-order valence-corrected chi connectivity index (χ2v) is 14.4. The Labute approximate surface area is 303 Å². The Morgan fingerprint density at radius 1 is 0.423 bits per heavy atom. The molecule has 0 bridgehead atoms. The molecular formula is C48H30N2OS. The zero-order chi connectivity index (χ0) is 34.2. The van der Waals surface area contributed by atoms with E-state index in [1.54, 1.807) is 0 Å². The number of thiophene rings is 1. The molecule has 0 unspecified atom stereocenters. The van der Waals surface area contributed by atoms with Gasteiger partial charge >= 0.3 is 0 Å². The fraction of sp³-hybridized carbons (Fsp3) is 0. The minimum absolute atomic E-state index is 0.872. The van der Waals surface area contributed by atoms with Crippen LogP contribution in [0.25, 0.3) is 80.7 Å². The van der Waals surface area contributed by atoms with Crippen molar-refractivity contribution in [1.29, 1.82) is 0 Å². The molecule has 8 aromatic carbocycles. The van der Waals surface area contributed by atoms with Gasteiger partial charge in [-0.1, -0.05) is 109 Å². The van der Waals surface area contributed by atoms with Crippen LogP contribution in [0.5, 0.6) is 0 Å². The zero-order valence-corrected chi connectivity index (χ0v) is 28.8. The van der Waals surface area contributed by atoms with E-state index in [1.165, 1.54) is 47.6 Å². The van der Waals surface area contributed by atoms with Crippen LogP contribution in [0.1, 0.15) is 0 Å². The molecule has 0 atom stereocenters. The van der Waals surface area contributed by atoms with Crippen LogP contribution in [0.4, 0.5) is 17.1 Å². The lowest BCUT2D eigenvalue weighted by Gasteiger charge is -2.26. The molecule has 3 aromatic heterocycles. The molecule has 11 rings (SSSR count). The molecule has 0 N–H and O–H groups in total. The highest BCUT2D eigenvalue weighted by Gasteiger charge is 2.19. The van der Waals surface area contributed by atoms with E-state index in [2.05, 4.69) is 179 Å². The van der Waals surface area contributed by atoms with Crippen LogP contribution in [0, 0.1) is 0 Å². The number of benzene rings is 8. The average Bonchev–Trinajstić information content (AvgIpc) is 3.88. The molecule has 0 spiro atoms. The Balaban J connectivity index is 1.11. The Hall–Kier alpha value is -6.62. The second-order valence-electron chi connectivity index (χ2n) is 13.3. The quantitative estimate of drug-likeness (QED) is 0.180. The predicted molar refractivity (Wildman–Crippen MR) is 221 cm³/mol. The van der Waals surface area contributed by atoms with Crippen molar-refractivity contribution in [1.82, 2.24) is 4.57 Å². The molecule has 3 heterocycles. The molecule has 0 aliphatic carbocycles. The summed E-state index contributed by atoms with van der Waals surface area (Å²) in [5.74, 6) is 0. The number of aromatic nitrogens is 1. The van der Waals surface area contributed by atoms with Crippen LogP contribution in [-0.2, 0) is 0 Å². The Morgan fingerprint density at radius 2 is 1.06 bits per heavy atom. The van der Waals surface area contributed by atoms with E-state index in [1.807, 2.05) is 23.5 Å². The van der Waals surface area contributed by atoms with Gasteiger partial charge in [0.25, 0.3) is 0 Å². The van der Waals surface area contributed by atoms with Crippen molar-refractivity contribution in [2.45, 2.75) is 0 Å². The third-order valence-corrected chi connectivity index (χ3v) is 11.6. The fourth-order valence-corrected chi connectivity index (χ4v) is 9.26. The molecule has 0 aliphatic rings. The van der Waals surface area contributed by atoms with Crippen molar-refractivity contribution in [3.63, 3.8) is 0 Å². The summed E-state index contributed by atoms with van der Waals surface area (Å²) in [6, 6.07) is 65.4. The van der Waals surface area contributed by atoms with Crippen LogP contribution in [0.2, 0.25) is 0 Å². The molecule has 0 saturated heterocycles. The molecule has 4 heteroatoms. The van der Waals surface area contributed by atoms with Crippen LogP contribution < -0.4 is 4.90 Å². The smallest absolute Gasteiger partial charge is 0.137 e. The lowest BCUT2D eigenvalue weighted by atomic mass is 10.0. The Bertz CT molecular complexity index is 3130. The lowest BCUT2D eigenvalue weighted by molar-refractivity contribution is 0.669. The monoisotopic (exact) mass is 682 g/mol. The average molecular weight is 683 g/mol. The molecule has 244 valence electrons. The molecule has 0 aliphatic heterocycles. The highest BCUT2D eigenvalue weighted by molar-refractivity contribution is 7.26. The second kappa shape index (κ2) is 11.5. The molecule has 3 nitrogen and oxygen atoms in total. The van der Waals surface area contributed by atoms with E-state index < -0.39 is 0 Å². The van der Waals surface area contributed by atoms with Gasteiger partial charge < -0.3 is 13.9 Å². The number of rotatable bonds is 5. The molecule has 0 radical (unpaired) electrons. The lowest BCUT2D eigenvalue weighted by Crippen LogP contribution is -2.10. The molecule has 0 saturated carbocycles. The third-order valence-electron chi connectivity index (χ3n) is 10.4. The van der Waals surface area contributed by atoms with Crippen LogP contribution in [0.3, 0.4) is 0 Å². The van der Waals surface area contributed by atoms with E-state index in [-0.39, 0.29) is 0 Å². The first-order valence-electron chi connectivity index (χ1n) is 17.6. The van der Waals surface area contributed by atoms with Gasteiger partial charge in [0.05, 0.1) is 11.0 Å². The van der Waals surface area contributed by atoms with Gasteiger partial charge in [0.1, 0.15) is 11.2 Å². The van der Waals surface area contributed by atoms with Crippen molar-refractivity contribution in [2.24, 2.45) is 0 Å². The van der Waals surface area contributed by atoms with E-state index in [0.717, 1.165) is 50.2 Å². The number of fused-ring (bicyclic) bond motifs is 9. The van der Waals surface area contributed by atoms with E-state index in [4.69, 9.17) is 4.42 Å². The van der Waals surface area contributed by atoms with Crippen molar-refractivity contribution >= 4 is 92.3 Å². The minimum atomic E-state index is 0.872. The summed E-state index contributed by atoms with van der Waals surface area (Å²) in [7, 11) is 0. The topological polar surface area (TPSA) is 21.3 Å². The minimum Gasteiger partial charge on any atom is -0.456 e. The van der Waals surface area contributed by atoms with Crippen molar-refractivity contribution in [2.75, 3.05) is 4.90 Å². The SMILES string of the molecule is c1ccc(-n2c3ccccc3c3ccc(N(c4ccc(-c5cccc6c5sc5ccccc56)cc4)c4ccc5c(c4)oc4ccccc45)cc32)cc1. The van der Waals surface area contributed by atoms with Crippen LogP contribution in [-0.4, -0.2) is 4.57 Å². The normalized spacial score (nSPS) is 11.8.